The Balaban J connectivity index is 1.43. The van der Waals surface area contributed by atoms with E-state index in [4.69, 9.17) is 4.74 Å². The Hall–Kier alpha value is -0.950. The summed E-state index contributed by atoms with van der Waals surface area (Å²) in [5, 5.41) is 15.1. The molecule has 0 unspecified atom stereocenters. The molecule has 0 bridgehead atoms. The van der Waals surface area contributed by atoms with Crippen LogP contribution >= 0.6 is 11.3 Å². The van der Waals surface area contributed by atoms with Crippen LogP contribution in [0.3, 0.4) is 0 Å². The summed E-state index contributed by atoms with van der Waals surface area (Å²) in [6.45, 7) is 2.75. The SMILES string of the molecule is CO[C@@H]1C[C@H](O)C12CCN(CC(=O)NCc1cccs1)CC2. The van der Waals surface area contributed by atoms with E-state index in [-0.39, 0.29) is 23.5 Å². The van der Waals surface area contributed by atoms with E-state index in [1.54, 1.807) is 18.4 Å². The summed E-state index contributed by atoms with van der Waals surface area (Å²) in [6.07, 6.45) is 2.50. The van der Waals surface area contributed by atoms with Crippen molar-refractivity contribution in [3.63, 3.8) is 0 Å². The monoisotopic (exact) mass is 324 g/mol. The van der Waals surface area contributed by atoms with Crippen molar-refractivity contribution in [3.8, 4) is 0 Å². The number of nitrogens with zero attached hydrogens (tertiary/aromatic N) is 1. The van der Waals surface area contributed by atoms with Gasteiger partial charge in [0.15, 0.2) is 0 Å². The minimum atomic E-state index is -0.243. The van der Waals surface area contributed by atoms with Gasteiger partial charge in [-0.25, -0.2) is 0 Å². The van der Waals surface area contributed by atoms with Gasteiger partial charge in [-0.15, -0.1) is 11.3 Å². The number of nitrogens with one attached hydrogen (secondary N) is 1. The maximum atomic E-state index is 12.0. The first-order chi connectivity index (χ1) is 10.6. The topological polar surface area (TPSA) is 61.8 Å². The van der Waals surface area contributed by atoms with Crippen LogP contribution in [0.2, 0.25) is 0 Å². The number of piperidine rings is 1. The number of hydrogen-bond donors (Lipinski definition) is 2. The zero-order chi connectivity index (χ0) is 15.6. The third kappa shape index (κ3) is 3.06. The number of methoxy groups -OCH3 is 1. The Morgan fingerprint density at radius 3 is 2.91 bits per heavy atom. The Labute approximate surface area is 135 Å². The van der Waals surface area contributed by atoms with Gasteiger partial charge in [0.1, 0.15) is 0 Å². The molecule has 2 atom stereocenters. The summed E-state index contributed by atoms with van der Waals surface area (Å²) in [4.78, 5) is 15.4. The van der Waals surface area contributed by atoms with Crippen LogP contribution in [0, 0.1) is 5.41 Å². The van der Waals surface area contributed by atoms with E-state index >= 15 is 0 Å². The highest BCUT2D eigenvalue weighted by atomic mass is 32.1. The number of carbonyl (C=O) groups is 1. The number of likely N-dealkylation sites (tertiary alicyclic amines) is 1. The zero-order valence-corrected chi connectivity index (χ0v) is 13.8. The molecule has 2 aliphatic rings. The lowest BCUT2D eigenvalue weighted by atomic mass is 9.58. The van der Waals surface area contributed by atoms with Crippen LogP contribution in [0.25, 0.3) is 0 Å². The normalized spacial score (nSPS) is 27.5. The molecule has 2 N–H and O–H groups in total. The van der Waals surface area contributed by atoms with Gasteiger partial charge in [-0.2, -0.15) is 0 Å². The van der Waals surface area contributed by atoms with Crippen LogP contribution in [-0.4, -0.2) is 54.9 Å². The molecule has 1 spiro atoms. The predicted octanol–water partition coefficient (Wildman–Crippen LogP) is 1.23. The van der Waals surface area contributed by atoms with Crippen molar-refractivity contribution in [2.45, 2.75) is 38.0 Å². The Morgan fingerprint density at radius 1 is 1.55 bits per heavy atom. The molecule has 22 heavy (non-hydrogen) atoms. The average molecular weight is 324 g/mol. The van der Waals surface area contributed by atoms with Gasteiger partial charge in [0.2, 0.25) is 5.91 Å². The number of aliphatic hydroxyl groups is 1. The number of hydrogen-bond acceptors (Lipinski definition) is 5. The summed E-state index contributed by atoms with van der Waals surface area (Å²) < 4.78 is 5.49. The van der Waals surface area contributed by atoms with Crippen molar-refractivity contribution in [2.75, 3.05) is 26.7 Å². The number of rotatable bonds is 5. The second-order valence-electron chi connectivity index (χ2n) is 6.34. The van der Waals surface area contributed by atoms with Gasteiger partial charge in [0.05, 0.1) is 25.3 Å². The minimum absolute atomic E-state index is 0.0707. The number of carbonyl (C=O) groups excluding carboxylic acids is 1. The van der Waals surface area contributed by atoms with Gasteiger partial charge in [-0.1, -0.05) is 6.07 Å². The molecule has 0 aromatic carbocycles. The maximum absolute atomic E-state index is 12.0. The van der Waals surface area contributed by atoms with Crippen molar-refractivity contribution in [1.29, 1.82) is 0 Å². The first-order valence-electron chi connectivity index (χ1n) is 7.86. The Kier molecular flexibility index (Phi) is 4.82. The van der Waals surface area contributed by atoms with Crippen molar-refractivity contribution in [2.24, 2.45) is 5.41 Å². The third-order valence-corrected chi connectivity index (χ3v) is 6.10. The fourth-order valence-electron chi connectivity index (χ4n) is 3.70. The molecule has 1 aliphatic carbocycles. The molecule has 1 aromatic heterocycles. The predicted molar refractivity (Wildman–Crippen MR) is 85.7 cm³/mol. The van der Waals surface area contributed by atoms with Crippen LogP contribution < -0.4 is 5.32 Å². The number of thiophene rings is 1. The van der Waals surface area contributed by atoms with Crippen molar-refractivity contribution >= 4 is 17.2 Å². The van der Waals surface area contributed by atoms with Gasteiger partial charge >= 0.3 is 0 Å². The van der Waals surface area contributed by atoms with E-state index in [1.807, 2.05) is 17.5 Å². The molecular weight excluding hydrogens is 300 g/mol. The van der Waals surface area contributed by atoms with E-state index in [0.29, 0.717) is 13.1 Å². The second kappa shape index (κ2) is 6.66. The van der Waals surface area contributed by atoms with E-state index < -0.39 is 0 Å². The first kappa shape index (κ1) is 15.9. The van der Waals surface area contributed by atoms with E-state index in [1.165, 1.54) is 4.88 Å². The van der Waals surface area contributed by atoms with Crippen molar-refractivity contribution in [3.05, 3.63) is 22.4 Å². The van der Waals surface area contributed by atoms with Crippen LogP contribution in [0.15, 0.2) is 17.5 Å². The van der Waals surface area contributed by atoms with Crippen molar-refractivity contribution in [1.82, 2.24) is 10.2 Å². The average Bonchev–Trinajstić information content (AvgIpc) is 3.04. The summed E-state index contributed by atoms with van der Waals surface area (Å²) in [5.74, 6) is 0.0711. The van der Waals surface area contributed by atoms with Gasteiger partial charge in [0, 0.05) is 23.8 Å². The van der Waals surface area contributed by atoms with Gasteiger partial charge in [0.25, 0.3) is 0 Å². The molecule has 1 saturated heterocycles. The van der Waals surface area contributed by atoms with Gasteiger partial charge in [-0.05, 0) is 37.4 Å². The van der Waals surface area contributed by atoms with Gasteiger partial charge < -0.3 is 15.2 Å². The molecule has 1 saturated carbocycles. The van der Waals surface area contributed by atoms with Gasteiger partial charge in [-0.3, -0.25) is 9.69 Å². The molecule has 2 heterocycles. The molecule has 5 nitrogen and oxygen atoms in total. The number of aliphatic hydroxyl groups excluding tert-OH is 1. The smallest absolute Gasteiger partial charge is 0.234 e. The summed E-state index contributed by atoms with van der Waals surface area (Å²) >= 11 is 1.65. The lowest BCUT2D eigenvalue weighted by Gasteiger charge is -2.56. The standard InChI is InChI=1S/C16H24N2O3S/c1-21-14-9-13(19)16(14)4-6-18(7-5-16)11-15(20)17-10-12-3-2-8-22-12/h2-3,8,13-14,19H,4-7,9-11H2,1H3,(H,17,20)/t13-,14+/m0/s1. The minimum Gasteiger partial charge on any atom is -0.392 e. The number of amides is 1. The molecule has 0 radical (unpaired) electrons. The lowest BCUT2D eigenvalue weighted by Crippen LogP contribution is -2.62. The molecule has 1 aliphatic heterocycles. The maximum Gasteiger partial charge on any atom is 0.234 e. The summed E-state index contributed by atoms with van der Waals surface area (Å²) in [5.41, 5.74) is -0.0707. The largest absolute Gasteiger partial charge is 0.392 e. The fourth-order valence-corrected chi connectivity index (χ4v) is 4.34. The lowest BCUT2D eigenvalue weighted by molar-refractivity contribution is -0.201. The van der Waals surface area contributed by atoms with Crippen LogP contribution in [-0.2, 0) is 16.1 Å². The summed E-state index contributed by atoms with van der Waals surface area (Å²) in [7, 11) is 1.72. The highest BCUT2D eigenvalue weighted by molar-refractivity contribution is 7.09. The number of ether oxygens (including phenoxy) is 1. The van der Waals surface area contributed by atoms with E-state index in [9.17, 15) is 9.90 Å². The molecule has 1 amide bonds. The van der Waals surface area contributed by atoms with Crippen LogP contribution in [0.4, 0.5) is 0 Å². The van der Waals surface area contributed by atoms with Crippen molar-refractivity contribution < 1.29 is 14.6 Å². The van der Waals surface area contributed by atoms with Crippen LogP contribution in [0.5, 0.6) is 0 Å². The zero-order valence-electron chi connectivity index (χ0n) is 13.0. The van der Waals surface area contributed by atoms with E-state index in [2.05, 4.69) is 10.2 Å². The van der Waals surface area contributed by atoms with Crippen LogP contribution in [0.1, 0.15) is 24.1 Å². The molecule has 6 heteroatoms. The molecule has 3 rings (SSSR count). The fraction of sp³-hybridized carbons (Fsp3) is 0.688. The Bertz CT molecular complexity index is 497. The Morgan fingerprint density at radius 2 is 2.32 bits per heavy atom. The quantitative estimate of drug-likeness (QED) is 0.855. The molecular formula is C16H24N2O3S. The molecule has 2 fully saturated rings. The molecule has 1 aromatic rings. The highest BCUT2D eigenvalue weighted by Crippen LogP contribution is 2.50. The first-order valence-corrected chi connectivity index (χ1v) is 8.74. The second-order valence-corrected chi connectivity index (χ2v) is 7.37. The third-order valence-electron chi connectivity index (χ3n) is 5.22. The highest BCUT2D eigenvalue weighted by Gasteiger charge is 2.55. The van der Waals surface area contributed by atoms with E-state index in [0.717, 1.165) is 32.4 Å². The summed E-state index contributed by atoms with van der Waals surface area (Å²) in [6, 6.07) is 4.02. The molecule has 122 valence electrons.